The Morgan fingerprint density at radius 2 is 2.00 bits per heavy atom. The number of carbonyl (C=O) groups excluding carboxylic acids is 2. The molecular weight excluding hydrogens is 232 g/mol. The number of primary amides is 1. The average molecular weight is 256 g/mol. The summed E-state index contributed by atoms with van der Waals surface area (Å²) in [5.74, 6) is -0.368. The fourth-order valence-corrected chi connectivity index (χ4v) is 2.21. The van der Waals surface area contributed by atoms with E-state index in [-0.39, 0.29) is 17.9 Å². The molecule has 2 amide bonds. The smallest absolute Gasteiger partial charge is 0.237 e. The Kier molecular flexibility index (Phi) is 6.07. The van der Waals surface area contributed by atoms with Crippen LogP contribution in [-0.4, -0.2) is 48.4 Å². The monoisotopic (exact) mass is 256 g/mol. The van der Waals surface area contributed by atoms with Gasteiger partial charge in [0, 0.05) is 19.1 Å². The average Bonchev–Trinajstić information content (AvgIpc) is 2.31. The van der Waals surface area contributed by atoms with Gasteiger partial charge in [0.05, 0.1) is 12.6 Å². The third-order valence-electron chi connectivity index (χ3n) is 3.25. The van der Waals surface area contributed by atoms with E-state index in [1.165, 1.54) is 0 Å². The van der Waals surface area contributed by atoms with Crippen molar-refractivity contribution < 1.29 is 9.59 Å². The van der Waals surface area contributed by atoms with E-state index >= 15 is 0 Å². The summed E-state index contributed by atoms with van der Waals surface area (Å²) in [4.78, 5) is 24.5. The fourth-order valence-electron chi connectivity index (χ4n) is 2.21. The van der Waals surface area contributed by atoms with Crippen LogP contribution in [0.3, 0.4) is 0 Å². The standard InChI is InChI=1S/C12H24N4O2/c1-2-3-10(13)12(18)15-9-4-6-16(7-5-9)8-11(14)17/h9-10H,2-8,13H2,1H3,(H2,14,17)(H,15,18)/t10-/m0/s1. The van der Waals surface area contributed by atoms with E-state index in [1.807, 2.05) is 11.8 Å². The summed E-state index contributed by atoms with van der Waals surface area (Å²) in [5.41, 5.74) is 10.9. The summed E-state index contributed by atoms with van der Waals surface area (Å²) in [6.45, 7) is 3.89. The highest BCUT2D eigenvalue weighted by molar-refractivity contribution is 5.81. The minimum Gasteiger partial charge on any atom is -0.369 e. The van der Waals surface area contributed by atoms with Crippen molar-refractivity contribution in [1.29, 1.82) is 0 Å². The Labute approximate surface area is 108 Å². The molecule has 0 saturated carbocycles. The molecule has 1 rings (SSSR count). The number of piperidine rings is 1. The second-order valence-corrected chi connectivity index (χ2v) is 4.92. The van der Waals surface area contributed by atoms with E-state index in [2.05, 4.69) is 5.32 Å². The first-order valence-corrected chi connectivity index (χ1v) is 6.59. The van der Waals surface area contributed by atoms with Crippen molar-refractivity contribution in [1.82, 2.24) is 10.2 Å². The van der Waals surface area contributed by atoms with Gasteiger partial charge in [-0.1, -0.05) is 13.3 Å². The number of nitrogens with two attached hydrogens (primary N) is 2. The molecule has 1 heterocycles. The molecule has 0 aromatic rings. The normalized spacial score (nSPS) is 19.4. The number of carbonyl (C=O) groups is 2. The number of nitrogens with one attached hydrogen (secondary N) is 1. The summed E-state index contributed by atoms with van der Waals surface area (Å²) in [5, 5.41) is 2.97. The second kappa shape index (κ2) is 7.33. The van der Waals surface area contributed by atoms with Crippen molar-refractivity contribution in [3.8, 4) is 0 Å². The van der Waals surface area contributed by atoms with Gasteiger partial charge in [-0.05, 0) is 19.3 Å². The van der Waals surface area contributed by atoms with Crippen molar-refractivity contribution in [3.05, 3.63) is 0 Å². The molecule has 0 aliphatic carbocycles. The first-order valence-electron chi connectivity index (χ1n) is 6.59. The van der Waals surface area contributed by atoms with E-state index < -0.39 is 6.04 Å². The molecule has 0 spiro atoms. The van der Waals surface area contributed by atoms with Crippen molar-refractivity contribution >= 4 is 11.8 Å². The van der Waals surface area contributed by atoms with E-state index in [4.69, 9.17) is 11.5 Å². The highest BCUT2D eigenvalue weighted by atomic mass is 16.2. The predicted octanol–water partition coefficient (Wildman–Crippen LogP) is -0.820. The van der Waals surface area contributed by atoms with Gasteiger partial charge in [0.2, 0.25) is 11.8 Å². The van der Waals surface area contributed by atoms with Crippen molar-refractivity contribution in [2.45, 2.75) is 44.7 Å². The molecule has 1 atom stereocenters. The maximum absolute atomic E-state index is 11.7. The summed E-state index contributed by atoms with van der Waals surface area (Å²) in [7, 11) is 0. The van der Waals surface area contributed by atoms with Crippen LogP contribution in [0.25, 0.3) is 0 Å². The lowest BCUT2D eigenvalue weighted by molar-refractivity contribution is -0.124. The van der Waals surface area contributed by atoms with Gasteiger partial charge in [-0.3, -0.25) is 14.5 Å². The Morgan fingerprint density at radius 3 is 2.50 bits per heavy atom. The van der Waals surface area contributed by atoms with Crippen LogP contribution in [-0.2, 0) is 9.59 Å². The van der Waals surface area contributed by atoms with Gasteiger partial charge >= 0.3 is 0 Å². The summed E-state index contributed by atoms with van der Waals surface area (Å²) < 4.78 is 0. The molecule has 0 bridgehead atoms. The minimum absolute atomic E-state index is 0.0646. The molecule has 1 saturated heterocycles. The molecular formula is C12H24N4O2. The SMILES string of the molecule is CCC[C@H](N)C(=O)NC1CCN(CC(N)=O)CC1. The zero-order valence-electron chi connectivity index (χ0n) is 11.0. The molecule has 6 heteroatoms. The zero-order valence-corrected chi connectivity index (χ0v) is 11.0. The molecule has 1 aliphatic rings. The van der Waals surface area contributed by atoms with Crippen molar-refractivity contribution in [3.63, 3.8) is 0 Å². The van der Waals surface area contributed by atoms with Gasteiger partial charge in [0.15, 0.2) is 0 Å². The van der Waals surface area contributed by atoms with Gasteiger partial charge in [0.1, 0.15) is 0 Å². The lowest BCUT2D eigenvalue weighted by Crippen LogP contribution is -2.50. The number of hydrogen-bond acceptors (Lipinski definition) is 4. The number of likely N-dealkylation sites (tertiary alicyclic amines) is 1. The maximum atomic E-state index is 11.7. The van der Waals surface area contributed by atoms with Crippen LogP contribution in [0.4, 0.5) is 0 Å². The highest BCUT2D eigenvalue weighted by Gasteiger charge is 2.23. The molecule has 1 aliphatic heterocycles. The largest absolute Gasteiger partial charge is 0.369 e. The molecule has 1 fully saturated rings. The van der Waals surface area contributed by atoms with Gasteiger partial charge in [-0.25, -0.2) is 0 Å². The van der Waals surface area contributed by atoms with Crippen LogP contribution in [0.1, 0.15) is 32.6 Å². The van der Waals surface area contributed by atoms with Gasteiger partial charge < -0.3 is 16.8 Å². The fraction of sp³-hybridized carbons (Fsp3) is 0.833. The Bertz CT molecular complexity index is 288. The number of nitrogens with zero attached hydrogens (tertiary/aromatic N) is 1. The first kappa shape index (κ1) is 14.9. The molecule has 5 N–H and O–H groups in total. The minimum atomic E-state index is -0.404. The Hall–Kier alpha value is -1.14. The molecule has 0 unspecified atom stereocenters. The van der Waals surface area contributed by atoms with Crippen LogP contribution in [0, 0.1) is 0 Å². The summed E-state index contributed by atoms with van der Waals surface area (Å²) >= 11 is 0. The van der Waals surface area contributed by atoms with Crippen LogP contribution in [0.15, 0.2) is 0 Å². The van der Waals surface area contributed by atoms with E-state index in [0.717, 1.165) is 32.4 Å². The molecule has 0 radical (unpaired) electrons. The number of hydrogen-bond donors (Lipinski definition) is 3. The zero-order chi connectivity index (χ0) is 13.5. The van der Waals surface area contributed by atoms with Gasteiger partial charge in [0.25, 0.3) is 0 Å². The first-order chi connectivity index (χ1) is 8.52. The molecule has 6 nitrogen and oxygen atoms in total. The predicted molar refractivity (Wildman–Crippen MR) is 69.7 cm³/mol. The Balaban J connectivity index is 2.26. The maximum Gasteiger partial charge on any atom is 0.237 e. The topological polar surface area (TPSA) is 101 Å². The molecule has 18 heavy (non-hydrogen) atoms. The highest BCUT2D eigenvalue weighted by Crippen LogP contribution is 2.10. The number of amides is 2. The van der Waals surface area contributed by atoms with Gasteiger partial charge in [-0.2, -0.15) is 0 Å². The van der Waals surface area contributed by atoms with Gasteiger partial charge in [-0.15, -0.1) is 0 Å². The lowest BCUT2D eigenvalue weighted by Gasteiger charge is -2.32. The molecule has 0 aromatic carbocycles. The third kappa shape index (κ3) is 5.01. The Morgan fingerprint density at radius 1 is 1.39 bits per heavy atom. The summed E-state index contributed by atoms with van der Waals surface area (Å²) in [6, 6.07) is -0.233. The molecule has 104 valence electrons. The van der Waals surface area contributed by atoms with Crippen LogP contribution in [0.5, 0.6) is 0 Å². The third-order valence-corrected chi connectivity index (χ3v) is 3.25. The lowest BCUT2D eigenvalue weighted by atomic mass is 10.0. The van der Waals surface area contributed by atoms with Crippen LogP contribution >= 0.6 is 0 Å². The van der Waals surface area contributed by atoms with Crippen LogP contribution in [0.2, 0.25) is 0 Å². The quantitative estimate of drug-likeness (QED) is 0.578. The molecule has 0 aromatic heterocycles. The summed E-state index contributed by atoms with van der Waals surface area (Å²) in [6.07, 6.45) is 3.31. The second-order valence-electron chi connectivity index (χ2n) is 4.92. The van der Waals surface area contributed by atoms with Crippen LogP contribution < -0.4 is 16.8 Å². The van der Waals surface area contributed by atoms with E-state index in [9.17, 15) is 9.59 Å². The van der Waals surface area contributed by atoms with E-state index in [0.29, 0.717) is 13.0 Å². The van der Waals surface area contributed by atoms with Crippen molar-refractivity contribution in [2.24, 2.45) is 11.5 Å². The number of rotatable bonds is 6. The van der Waals surface area contributed by atoms with Crippen molar-refractivity contribution in [2.75, 3.05) is 19.6 Å². The van der Waals surface area contributed by atoms with E-state index in [1.54, 1.807) is 0 Å².